The third-order valence-corrected chi connectivity index (χ3v) is 8.10. The monoisotopic (exact) mass is 612 g/mol. The molecule has 3 aromatic carbocycles. The van der Waals surface area contributed by atoms with Crippen molar-refractivity contribution >= 4 is 10.0 Å². The molecular formula is C28H22F6N2O5S. The average molecular weight is 613 g/mol. The standard InChI is InChI=1S/C28H22F6N2O5S/c1-15-27(42(38,39)36(2)14-16-7-5-4-6-8-16)22(37)13-21(35-15)17-11-20(30)18(28(32,33)34)12-24(17)41-23-10-9-19(29)25(31)26(23)40-3/h4-13H,14H2,1-3H3,(H,35,37). The molecule has 4 rings (SSSR count). The van der Waals surface area contributed by atoms with Gasteiger partial charge in [0, 0.05) is 25.2 Å². The summed E-state index contributed by atoms with van der Waals surface area (Å²) in [5.74, 6) is -7.44. The van der Waals surface area contributed by atoms with Crippen LogP contribution in [0.5, 0.6) is 23.0 Å². The first kappa shape index (κ1) is 30.7. The minimum Gasteiger partial charge on any atom is -0.506 e. The molecule has 4 aromatic rings. The molecule has 7 nitrogen and oxygen atoms in total. The minimum absolute atomic E-state index is 0.0536. The first-order chi connectivity index (χ1) is 19.6. The van der Waals surface area contributed by atoms with Crippen LogP contribution in [0.1, 0.15) is 16.8 Å². The Morgan fingerprint density at radius 2 is 1.62 bits per heavy atom. The highest BCUT2D eigenvalue weighted by molar-refractivity contribution is 7.89. The lowest BCUT2D eigenvalue weighted by atomic mass is 10.0. The maximum atomic E-state index is 14.7. The van der Waals surface area contributed by atoms with Crippen LogP contribution in [0.25, 0.3) is 11.3 Å². The van der Waals surface area contributed by atoms with Gasteiger partial charge in [-0.1, -0.05) is 30.3 Å². The molecule has 0 saturated carbocycles. The maximum absolute atomic E-state index is 14.7. The molecule has 0 saturated heterocycles. The molecule has 0 radical (unpaired) electrons. The number of ether oxygens (including phenoxy) is 2. The molecule has 14 heteroatoms. The highest BCUT2D eigenvalue weighted by atomic mass is 32.2. The van der Waals surface area contributed by atoms with Crippen LogP contribution in [-0.2, 0) is 22.7 Å². The van der Waals surface area contributed by atoms with Crippen molar-refractivity contribution < 1.29 is 49.3 Å². The number of benzene rings is 3. The van der Waals surface area contributed by atoms with Crippen LogP contribution in [0.2, 0.25) is 0 Å². The van der Waals surface area contributed by atoms with E-state index in [0.717, 1.165) is 23.5 Å². The number of nitrogens with zero attached hydrogens (tertiary/aromatic N) is 2. The van der Waals surface area contributed by atoms with Crippen molar-refractivity contribution in [3.8, 4) is 34.3 Å². The Kier molecular flexibility index (Phi) is 8.41. The predicted octanol–water partition coefficient (Wildman–Crippen LogP) is 6.82. The Hall–Kier alpha value is -4.30. The van der Waals surface area contributed by atoms with E-state index < -0.39 is 72.7 Å². The van der Waals surface area contributed by atoms with E-state index in [1.54, 1.807) is 30.3 Å². The van der Waals surface area contributed by atoms with Gasteiger partial charge in [0.15, 0.2) is 11.6 Å². The van der Waals surface area contributed by atoms with E-state index in [-0.39, 0.29) is 24.0 Å². The first-order valence-electron chi connectivity index (χ1n) is 12.0. The lowest BCUT2D eigenvalue weighted by molar-refractivity contribution is -0.140. The fourth-order valence-corrected chi connectivity index (χ4v) is 5.51. The van der Waals surface area contributed by atoms with Crippen LogP contribution in [0, 0.1) is 24.4 Å². The summed E-state index contributed by atoms with van der Waals surface area (Å²) < 4.78 is 121. The number of halogens is 6. The van der Waals surface area contributed by atoms with Crippen LogP contribution in [-0.4, -0.2) is 37.0 Å². The van der Waals surface area contributed by atoms with E-state index in [4.69, 9.17) is 9.47 Å². The number of pyridine rings is 1. The van der Waals surface area contributed by atoms with Gasteiger partial charge in [-0.05, 0) is 36.8 Å². The second-order valence-corrected chi connectivity index (χ2v) is 11.0. The number of methoxy groups -OCH3 is 1. The number of aromatic hydroxyl groups is 1. The zero-order chi connectivity index (χ0) is 31.0. The molecule has 0 fully saturated rings. The van der Waals surface area contributed by atoms with Crippen LogP contribution >= 0.6 is 0 Å². The Bertz CT molecular complexity index is 1730. The fraction of sp³-hybridized carbons (Fsp3) is 0.179. The number of rotatable bonds is 8. The third kappa shape index (κ3) is 5.99. The summed E-state index contributed by atoms with van der Waals surface area (Å²) in [5, 5.41) is 10.8. The normalized spacial score (nSPS) is 12.0. The summed E-state index contributed by atoms with van der Waals surface area (Å²) in [6, 6.07) is 11.6. The molecule has 0 unspecified atom stereocenters. The van der Waals surface area contributed by atoms with E-state index in [1.165, 1.54) is 14.0 Å². The number of hydrogen-bond acceptors (Lipinski definition) is 6. The molecule has 0 aliphatic heterocycles. The van der Waals surface area contributed by atoms with Crippen molar-refractivity contribution in [1.29, 1.82) is 0 Å². The van der Waals surface area contributed by atoms with Gasteiger partial charge in [-0.25, -0.2) is 17.2 Å². The van der Waals surface area contributed by atoms with Crippen molar-refractivity contribution in [2.45, 2.75) is 24.5 Å². The third-order valence-electron chi connectivity index (χ3n) is 6.13. The minimum atomic E-state index is -5.17. The van der Waals surface area contributed by atoms with Gasteiger partial charge in [0.25, 0.3) is 0 Å². The van der Waals surface area contributed by atoms with Gasteiger partial charge in [0.1, 0.15) is 22.2 Å². The second kappa shape index (κ2) is 11.5. The highest BCUT2D eigenvalue weighted by Gasteiger charge is 2.36. The summed E-state index contributed by atoms with van der Waals surface area (Å²) in [4.78, 5) is 3.53. The van der Waals surface area contributed by atoms with Crippen molar-refractivity contribution in [1.82, 2.24) is 9.29 Å². The molecule has 222 valence electrons. The van der Waals surface area contributed by atoms with E-state index in [0.29, 0.717) is 17.7 Å². The molecule has 0 amide bonds. The molecule has 0 aliphatic carbocycles. The Balaban J connectivity index is 1.84. The zero-order valence-electron chi connectivity index (χ0n) is 22.1. The van der Waals surface area contributed by atoms with E-state index in [1.807, 2.05) is 0 Å². The van der Waals surface area contributed by atoms with Crippen LogP contribution < -0.4 is 9.47 Å². The number of aromatic nitrogens is 1. The van der Waals surface area contributed by atoms with Gasteiger partial charge in [-0.2, -0.15) is 21.9 Å². The molecule has 0 aliphatic rings. The van der Waals surface area contributed by atoms with Crippen LogP contribution in [0.4, 0.5) is 26.3 Å². The van der Waals surface area contributed by atoms with Crippen molar-refractivity contribution in [3.05, 3.63) is 94.9 Å². The Morgan fingerprint density at radius 1 is 0.952 bits per heavy atom. The maximum Gasteiger partial charge on any atom is 0.419 e. The quantitative estimate of drug-likeness (QED) is 0.220. The fourth-order valence-electron chi connectivity index (χ4n) is 4.14. The lowest BCUT2D eigenvalue weighted by Gasteiger charge is -2.20. The lowest BCUT2D eigenvalue weighted by Crippen LogP contribution is -2.27. The molecule has 1 aromatic heterocycles. The van der Waals surface area contributed by atoms with Crippen molar-refractivity contribution in [2.75, 3.05) is 14.2 Å². The van der Waals surface area contributed by atoms with Gasteiger partial charge in [-0.3, -0.25) is 4.98 Å². The molecule has 0 bridgehead atoms. The average Bonchev–Trinajstić information content (AvgIpc) is 2.91. The predicted molar refractivity (Wildman–Crippen MR) is 139 cm³/mol. The van der Waals surface area contributed by atoms with Gasteiger partial charge in [-0.15, -0.1) is 0 Å². The Morgan fingerprint density at radius 3 is 2.21 bits per heavy atom. The van der Waals surface area contributed by atoms with Crippen LogP contribution in [0.15, 0.2) is 65.6 Å². The summed E-state index contributed by atoms with van der Waals surface area (Å²) >= 11 is 0. The molecular weight excluding hydrogens is 590 g/mol. The molecule has 42 heavy (non-hydrogen) atoms. The molecule has 0 spiro atoms. The number of sulfonamides is 1. The van der Waals surface area contributed by atoms with Gasteiger partial charge in [0.05, 0.1) is 24.1 Å². The largest absolute Gasteiger partial charge is 0.506 e. The number of alkyl halides is 3. The van der Waals surface area contributed by atoms with Gasteiger partial charge < -0.3 is 14.6 Å². The molecule has 1 N–H and O–H groups in total. The highest BCUT2D eigenvalue weighted by Crippen LogP contribution is 2.44. The summed E-state index contributed by atoms with van der Waals surface area (Å²) in [6.45, 7) is 1.17. The second-order valence-electron chi connectivity index (χ2n) is 9.01. The number of aryl methyl sites for hydroxylation is 1. The van der Waals surface area contributed by atoms with E-state index in [9.17, 15) is 39.9 Å². The molecule has 0 atom stereocenters. The number of hydrogen-bond donors (Lipinski definition) is 1. The van der Waals surface area contributed by atoms with Crippen molar-refractivity contribution in [2.24, 2.45) is 0 Å². The van der Waals surface area contributed by atoms with Gasteiger partial charge in [0.2, 0.25) is 21.6 Å². The first-order valence-corrected chi connectivity index (χ1v) is 13.4. The Labute approximate surface area is 236 Å². The smallest absolute Gasteiger partial charge is 0.419 e. The topological polar surface area (TPSA) is 89.0 Å². The molecule has 1 heterocycles. The SMILES string of the molecule is COc1c(Oc2cc(C(F)(F)F)c(F)cc2-c2cc(O)c(S(=O)(=O)N(C)Cc3ccccc3)c(C)n2)ccc(F)c1F. The summed E-state index contributed by atoms with van der Waals surface area (Å²) in [5.41, 5.74) is -2.20. The van der Waals surface area contributed by atoms with E-state index in [2.05, 4.69) is 4.98 Å². The van der Waals surface area contributed by atoms with Crippen LogP contribution in [0.3, 0.4) is 0 Å². The zero-order valence-corrected chi connectivity index (χ0v) is 22.9. The van der Waals surface area contributed by atoms with Gasteiger partial charge >= 0.3 is 6.18 Å². The van der Waals surface area contributed by atoms with E-state index >= 15 is 0 Å². The van der Waals surface area contributed by atoms with Crippen molar-refractivity contribution in [3.63, 3.8) is 0 Å². The summed E-state index contributed by atoms with van der Waals surface area (Å²) in [7, 11) is -2.09. The summed E-state index contributed by atoms with van der Waals surface area (Å²) in [6.07, 6.45) is -5.17.